The van der Waals surface area contributed by atoms with Crippen molar-refractivity contribution in [3.8, 4) is 0 Å². The van der Waals surface area contributed by atoms with E-state index in [2.05, 4.69) is 43.5 Å². The Balaban J connectivity index is 2.59. The molecule has 0 aliphatic heterocycles. The molecule has 1 rings (SSSR count). The second kappa shape index (κ2) is 8.78. The maximum absolute atomic E-state index is 12.1. The van der Waals surface area contributed by atoms with E-state index in [1.807, 2.05) is 19.1 Å². The lowest BCUT2D eigenvalue weighted by atomic mass is 9.96. The number of hydrogen-bond donors (Lipinski definition) is 2. The summed E-state index contributed by atoms with van der Waals surface area (Å²) in [6, 6.07) is 8.27. The van der Waals surface area contributed by atoms with E-state index in [0.717, 1.165) is 24.9 Å². The molecule has 0 bridgehead atoms. The molecule has 0 aliphatic carbocycles. The summed E-state index contributed by atoms with van der Waals surface area (Å²) in [7, 11) is 0. The molecule has 0 aromatic heterocycles. The summed E-state index contributed by atoms with van der Waals surface area (Å²) in [5, 5.41) is 6.15. The highest BCUT2D eigenvalue weighted by molar-refractivity contribution is 7.80. The Hall–Kier alpha value is -1.42. The summed E-state index contributed by atoms with van der Waals surface area (Å²) in [5.74, 6) is 0.360. The molecule has 0 spiro atoms. The Morgan fingerprint density at radius 1 is 1.19 bits per heavy atom. The first-order chi connectivity index (χ1) is 9.93. The third kappa shape index (κ3) is 6.25. The average molecular weight is 306 g/mol. The van der Waals surface area contributed by atoms with Crippen molar-refractivity contribution in [2.24, 2.45) is 5.92 Å². The highest BCUT2D eigenvalue weighted by atomic mass is 32.1. The molecule has 1 unspecified atom stereocenters. The molecule has 116 valence electrons. The molecule has 0 saturated carbocycles. The zero-order valence-electron chi connectivity index (χ0n) is 13.4. The van der Waals surface area contributed by atoms with Crippen LogP contribution in [0.5, 0.6) is 0 Å². The summed E-state index contributed by atoms with van der Waals surface area (Å²) in [5.41, 5.74) is 2.32. The molecule has 0 fully saturated rings. The van der Waals surface area contributed by atoms with Crippen LogP contribution in [0.3, 0.4) is 0 Å². The lowest BCUT2D eigenvalue weighted by Crippen LogP contribution is -2.41. The van der Waals surface area contributed by atoms with Crippen LogP contribution in [0.1, 0.15) is 51.2 Å². The number of rotatable bonds is 6. The van der Waals surface area contributed by atoms with Gasteiger partial charge in [0, 0.05) is 6.54 Å². The molecule has 1 aromatic carbocycles. The van der Waals surface area contributed by atoms with Crippen LogP contribution >= 0.6 is 12.2 Å². The van der Waals surface area contributed by atoms with Gasteiger partial charge < -0.3 is 10.6 Å². The third-order valence-corrected chi connectivity index (χ3v) is 3.54. The Morgan fingerprint density at radius 2 is 1.81 bits per heavy atom. The van der Waals surface area contributed by atoms with E-state index >= 15 is 0 Å². The minimum absolute atomic E-state index is 0.0692. The van der Waals surface area contributed by atoms with Crippen molar-refractivity contribution in [1.82, 2.24) is 10.6 Å². The smallest absolute Gasteiger partial charge is 0.233 e. The van der Waals surface area contributed by atoms with E-state index in [0.29, 0.717) is 11.0 Å². The fourth-order valence-corrected chi connectivity index (χ4v) is 2.27. The molecule has 0 saturated heterocycles. The predicted molar refractivity (Wildman–Crippen MR) is 92.4 cm³/mol. The van der Waals surface area contributed by atoms with Gasteiger partial charge in [-0.15, -0.1) is 0 Å². The van der Waals surface area contributed by atoms with Gasteiger partial charge in [0.25, 0.3) is 0 Å². The lowest BCUT2D eigenvalue weighted by Gasteiger charge is -2.14. The van der Waals surface area contributed by atoms with Gasteiger partial charge in [-0.25, -0.2) is 0 Å². The summed E-state index contributed by atoms with van der Waals surface area (Å²) < 4.78 is 0. The van der Waals surface area contributed by atoms with Crippen molar-refractivity contribution in [1.29, 1.82) is 0 Å². The summed E-state index contributed by atoms with van der Waals surface area (Å²) in [4.78, 5) is 12.1. The van der Waals surface area contributed by atoms with Crippen molar-refractivity contribution in [2.45, 2.75) is 46.5 Å². The topological polar surface area (TPSA) is 41.1 Å². The van der Waals surface area contributed by atoms with Crippen molar-refractivity contribution in [3.63, 3.8) is 0 Å². The van der Waals surface area contributed by atoms with Gasteiger partial charge in [0.05, 0.1) is 5.92 Å². The van der Waals surface area contributed by atoms with Crippen molar-refractivity contribution >= 4 is 23.2 Å². The monoisotopic (exact) mass is 306 g/mol. The fourth-order valence-electron chi connectivity index (χ4n) is 2.07. The number of carbonyl (C=O) groups excluding carboxylic acids is 1. The molecule has 0 radical (unpaired) electrons. The van der Waals surface area contributed by atoms with Crippen LogP contribution in [-0.2, 0) is 11.2 Å². The van der Waals surface area contributed by atoms with Gasteiger partial charge in [-0.1, -0.05) is 45.0 Å². The standard InChI is InChI=1S/C17H26N2OS/c1-5-10-18-17(21)19-16(20)13(4)15-8-6-14(7-9-15)11-12(2)3/h6-9,12-13H,5,10-11H2,1-4H3,(H2,18,19,20,21). The van der Waals surface area contributed by atoms with Crippen molar-refractivity contribution < 1.29 is 4.79 Å². The maximum Gasteiger partial charge on any atom is 0.233 e. The lowest BCUT2D eigenvalue weighted by molar-refractivity contribution is -0.120. The molecule has 2 N–H and O–H groups in total. The quantitative estimate of drug-likeness (QED) is 0.792. The predicted octanol–water partition coefficient (Wildman–Crippen LogP) is 3.39. The first-order valence-corrected chi connectivity index (χ1v) is 8.02. The zero-order chi connectivity index (χ0) is 15.8. The molecule has 1 atom stereocenters. The number of thiocarbonyl (C=S) groups is 1. The molecule has 1 amide bonds. The van der Waals surface area contributed by atoms with E-state index in [1.165, 1.54) is 5.56 Å². The molecule has 3 nitrogen and oxygen atoms in total. The molecule has 21 heavy (non-hydrogen) atoms. The second-order valence-corrected chi connectivity index (χ2v) is 6.21. The van der Waals surface area contributed by atoms with Crippen molar-refractivity contribution in [2.75, 3.05) is 6.54 Å². The highest BCUT2D eigenvalue weighted by Crippen LogP contribution is 2.17. The number of amides is 1. The minimum Gasteiger partial charge on any atom is -0.362 e. The average Bonchev–Trinajstić information content (AvgIpc) is 2.44. The van der Waals surface area contributed by atoms with E-state index in [4.69, 9.17) is 12.2 Å². The maximum atomic E-state index is 12.1. The summed E-state index contributed by atoms with van der Waals surface area (Å²) in [6.07, 6.45) is 2.04. The van der Waals surface area contributed by atoms with Gasteiger partial charge in [0.2, 0.25) is 5.91 Å². The largest absolute Gasteiger partial charge is 0.362 e. The third-order valence-electron chi connectivity index (χ3n) is 3.29. The molecule has 0 heterocycles. The second-order valence-electron chi connectivity index (χ2n) is 5.81. The molecule has 4 heteroatoms. The molecule has 1 aromatic rings. The number of carbonyl (C=O) groups is 1. The molecular formula is C17H26N2OS. The van der Waals surface area contributed by atoms with Crippen LogP contribution < -0.4 is 10.6 Å². The minimum atomic E-state index is -0.209. The number of nitrogens with one attached hydrogen (secondary N) is 2. The van der Waals surface area contributed by atoms with E-state index in [1.54, 1.807) is 0 Å². The zero-order valence-corrected chi connectivity index (χ0v) is 14.2. The Labute approximate surface area is 133 Å². The molecular weight excluding hydrogens is 280 g/mol. The molecule has 0 aliphatic rings. The Kier molecular flexibility index (Phi) is 7.37. The van der Waals surface area contributed by atoms with E-state index in [9.17, 15) is 4.79 Å². The van der Waals surface area contributed by atoms with Crippen LogP contribution in [0, 0.1) is 5.92 Å². The SMILES string of the molecule is CCCNC(=S)NC(=O)C(C)c1ccc(CC(C)C)cc1. The number of benzene rings is 1. The van der Waals surface area contributed by atoms with Gasteiger partial charge in [0.15, 0.2) is 5.11 Å². The normalized spacial score (nSPS) is 12.0. The first-order valence-electron chi connectivity index (χ1n) is 7.61. The Bertz CT molecular complexity index is 468. The van der Waals surface area contributed by atoms with Gasteiger partial charge in [-0.3, -0.25) is 4.79 Å². The van der Waals surface area contributed by atoms with Gasteiger partial charge in [0.1, 0.15) is 0 Å². The summed E-state index contributed by atoms with van der Waals surface area (Å²) in [6.45, 7) is 9.13. The van der Waals surface area contributed by atoms with Crippen LogP contribution in [0.2, 0.25) is 0 Å². The van der Waals surface area contributed by atoms with Crippen LogP contribution in [0.4, 0.5) is 0 Å². The number of hydrogen-bond acceptors (Lipinski definition) is 2. The van der Waals surface area contributed by atoms with Gasteiger partial charge >= 0.3 is 0 Å². The van der Waals surface area contributed by atoms with Gasteiger partial charge in [-0.2, -0.15) is 0 Å². The first kappa shape index (κ1) is 17.6. The summed E-state index contributed by atoms with van der Waals surface area (Å²) >= 11 is 5.09. The highest BCUT2D eigenvalue weighted by Gasteiger charge is 2.16. The van der Waals surface area contributed by atoms with Gasteiger partial charge in [-0.05, 0) is 49.0 Å². The van der Waals surface area contributed by atoms with E-state index < -0.39 is 0 Å². The van der Waals surface area contributed by atoms with E-state index in [-0.39, 0.29) is 11.8 Å². The van der Waals surface area contributed by atoms with Crippen molar-refractivity contribution in [3.05, 3.63) is 35.4 Å². The Morgan fingerprint density at radius 3 is 2.33 bits per heavy atom. The van der Waals surface area contributed by atoms with Crippen LogP contribution in [0.15, 0.2) is 24.3 Å². The fraction of sp³-hybridized carbons (Fsp3) is 0.529. The van der Waals surface area contributed by atoms with Crippen LogP contribution in [-0.4, -0.2) is 17.6 Å². The van der Waals surface area contributed by atoms with Crippen LogP contribution in [0.25, 0.3) is 0 Å².